The number of ether oxygens (including phenoxy) is 8. The zero-order valence-electron chi connectivity index (χ0n) is 38.2. The highest BCUT2D eigenvalue weighted by Crippen LogP contribution is 2.70. The maximum Gasteiger partial charge on any atom is 0.187 e. The minimum absolute atomic E-state index is 0.0153. The van der Waals surface area contributed by atoms with Crippen molar-refractivity contribution in [2.75, 3.05) is 33.5 Å². The van der Waals surface area contributed by atoms with Crippen LogP contribution in [0, 0.1) is 40.4 Å². The highest BCUT2D eigenvalue weighted by atomic mass is 16.7. The van der Waals surface area contributed by atoms with Gasteiger partial charge in [-0.25, -0.2) is 0 Å². The van der Waals surface area contributed by atoms with Crippen LogP contribution in [0.15, 0.2) is 23.8 Å². The van der Waals surface area contributed by atoms with Crippen molar-refractivity contribution in [3.63, 3.8) is 0 Å². The van der Waals surface area contributed by atoms with Gasteiger partial charge in [-0.3, -0.25) is 0 Å². The summed E-state index contributed by atoms with van der Waals surface area (Å²) in [6, 6.07) is 0. The van der Waals surface area contributed by atoms with E-state index in [0.29, 0.717) is 31.3 Å². The van der Waals surface area contributed by atoms with Crippen molar-refractivity contribution in [1.82, 2.24) is 0 Å². The molecule has 8 aliphatic rings. The fraction of sp³-hybridized carbons (Fsp3) is 0.913. The summed E-state index contributed by atoms with van der Waals surface area (Å²) in [6.45, 7) is 8.96. The number of rotatable bonds is 14. The molecule has 0 amide bonds. The molecule has 0 unspecified atom stereocenters. The Balaban J connectivity index is 0.880. The van der Waals surface area contributed by atoms with Gasteiger partial charge < -0.3 is 99.2 Å². The fourth-order valence-corrected chi connectivity index (χ4v) is 13.8. The molecule has 20 heteroatoms. The lowest BCUT2D eigenvalue weighted by molar-refractivity contribution is -0.363. The van der Waals surface area contributed by atoms with E-state index in [-0.39, 0.29) is 53.1 Å². The van der Waals surface area contributed by atoms with Gasteiger partial charge in [-0.05, 0) is 73.5 Å². The van der Waals surface area contributed by atoms with Crippen molar-refractivity contribution in [1.29, 1.82) is 0 Å². The van der Waals surface area contributed by atoms with Crippen LogP contribution in [0.25, 0.3) is 0 Å². The molecule has 20 nitrogen and oxygen atoms in total. The number of allylic oxidation sites excluding steroid dienone is 1. The lowest BCUT2D eigenvalue weighted by Crippen LogP contribution is -2.65. The highest BCUT2D eigenvalue weighted by Gasteiger charge is 2.71. The molecule has 0 aromatic heterocycles. The molecule has 378 valence electrons. The Bertz CT molecular complexity index is 1720. The first kappa shape index (κ1) is 51.0. The van der Waals surface area contributed by atoms with E-state index >= 15 is 0 Å². The van der Waals surface area contributed by atoms with Crippen molar-refractivity contribution < 1.29 is 99.2 Å². The fourth-order valence-electron chi connectivity index (χ4n) is 13.8. The molecule has 0 aromatic carbocycles. The smallest absolute Gasteiger partial charge is 0.187 e. The SMILES string of the molecule is C=C(CC[C@@]1(OC)O[C@H]2[C@@H](O)[C@H]3[C@@H]4CC=C5C[C@@H](O[C@@H]6O[C@H](CO)[C@H](O[C@@H]7O[C@H](CO)[C@@H](O)[C@H](O)[C@H]7O)[C@@H](O)[C@H]6O)CC[C@]5(C)[C@H]4CC[C@@]3(C)[C@H]2[C@@H]1C)CO[C@@H]1O[C@H](CO)[C@@H](O)[C@H](O)[C@H]1O. The van der Waals surface area contributed by atoms with Crippen LogP contribution in [0.4, 0.5) is 0 Å². The number of hydrogen-bond acceptors (Lipinski definition) is 20. The Kier molecular flexibility index (Phi) is 15.2. The molecule has 26 atom stereocenters. The van der Waals surface area contributed by atoms with Gasteiger partial charge in [0, 0.05) is 25.4 Å². The lowest BCUT2D eigenvalue weighted by Gasteiger charge is -2.59. The van der Waals surface area contributed by atoms with E-state index in [4.69, 9.17) is 37.9 Å². The standard InChI is InChI=1S/C46H74O20/c1-19(18-60-41-36(56)33(53)30(50)25(15-47)62-41)8-13-46(59-5)20(2)28-40(66-46)32(52)29-23-7-6-21-14-22(9-11-44(21,3)24(23)10-12-45(28,29)4)61-42-38(58)35(55)39(27(17-49)64-42)65-43-37(57)34(54)31(51)26(16-48)63-43/h6,20,22-43,47-58H,1,7-18H2,2-5H3/t20-,22-,23+,24-,25+,26+,27+,28-,29+,30+,31+,32-,33-,34-,35-,36+,37+,38+,39-,40+,41+,42+,43-,44-,45-,46+/m0/s1. The number of hydrogen-bond donors (Lipinski definition) is 12. The van der Waals surface area contributed by atoms with E-state index in [2.05, 4.69) is 33.4 Å². The topological polar surface area (TPSA) is 317 Å². The number of fused-ring (bicyclic) bond motifs is 7. The van der Waals surface area contributed by atoms with Crippen LogP contribution in [0.5, 0.6) is 0 Å². The van der Waals surface area contributed by atoms with Crippen molar-refractivity contribution >= 4 is 0 Å². The van der Waals surface area contributed by atoms with Gasteiger partial charge in [0.25, 0.3) is 0 Å². The van der Waals surface area contributed by atoms with Crippen LogP contribution < -0.4 is 0 Å². The summed E-state index contributed by atoms with van der Waals surface area (Å²) >= 11 is 0. The van der Waals surface area contributed by atoms with E-state index in [9.17, 15) is 61.3 Å². The Hall–Kier alpha value is -1.32. The molecule has 0 aromatic rings. The average Bonchev–Trinajstić information content (AvgIpc) is 3.73. The molecular weight excluding hydrogens is 872 g/mol. The number of aliphatic hydroxyl groups is 12. The summed E-state index contributed by atoms with van der Waals surface area (Å²) in [7, 11) is 1.62. The molecule has 4 aliphatic carbocycles. The largest absolute Gasteiger partial charge is 0.394 e. The van der Waals surface area contributed by atoms with Crippen molar-refractivity contribution in [2.45, 2.75) is 188 Å². The summed E-state index contributed by atoms with van der Waals surface area (Å²) in [5, 5.41) is 126. The molecule has 0 spiro atoms. The van der Waals surface area contributed by atoms with Gasteiger partial charge in [0.1, 0.15) is 73.2 Å². The minimum Gasteiger partial charge on any atom is -0.394 e. The van der Waals surface area contributed by atoms with Crippen LogP contribution in [0.3, 0.4) is 0 Å². The van der Waals surface area contributed by atoms with Gasteiger partial charge >= 0.3 is 0 Å². The molecule has 4 heterocycles. The van der Waals surface area contributed by atoms with Gasteiger partial charge in [-0.15, -0.1) is 0 Å². The van der Waals surface area contributed by atoms with Crippen LogP contribution in [0.2, 0.25) is 0 Å². The number of aliphatic hydroxyl groups excluding tert-OH is 12. The van der Waals surface area contributed by atoms with Gasteiger partial charge in [-0.1, -0.05) is 44.6 Å². The second kappa shape index (κ2) is 19.7. The Morgan fingerprint density at radius 2 is 1.30 bits per heavy atom. The molecule has 3 saturated carbocycles. The third-order valence-electron chi connectivity index (χ3n) is 17.5. The van der Waals surface area contributed by atoms with E-state index in [1.165, 1.54) is 5.57 Å². The van der Waals surface area contributed by atoms with E-state index in [1.807, 2.05) is 0 Å². The van der Waals surface area contributed by atoms with E-state index in [0.717, 1.165) is 25.7 Å². The summed E-state index contributed by atoms with van der Waals surface area (Å²) in [5.41, 5.74) is 1.48. The van der Waals surface area contributed by atoms with E-state index < -0.39 is 130 Å². The molecule has 12 N–H and O–H groups in total. The first-order chi connectivity index (χ1) is 31.3. The maximum atomic E-state index is 12.3. The minimum atomic E-state index is -1.77. The normalized spacial score (nSPS) is 53.6. The van der Waals surface area contributed by atoms with Crippen LogP contribution in [0.1, 0.15) is 72.1 Å². The van der Waals surface area contributed by atoms with E-state index in [1.54, 1.807) is 7.11 Å². The van der Waals surface area contributed by atoms with Crippen molar-refractivity contribution in [3.8, 4) is 0 Å². The molecule has 66 heavy (non-hydrogen) atoms. The van der Waals surface area contributed by atoms with Crippen molar-refractivity contribution in [3.05, 3.63) is 23.8 Å². The first-order valence-electron chi connectivity index (χ1n) is 23.7. The van der Waals surface area contributed by atoms with Crippen molar-refractivity contribution in [2.24, 2.45) is 40.4 Å². The number of methoxy groups -OCH3 is 1. The molecule has 4 saturated heterocycles. The summed E-state index contributed by atoms with van der Waals surface area (Å²) < 4.78 is 47.7. The molecule has 0 bridgehead atoms. The lowest BCUT2D eigenvalue weighted by atomic mass is 9.46. The Labute approximate surface area is 384 Å². The molecule has 0 radical (unpaired) electrons. The quantitative estimate of drug-likeness (QED) is 0.0814. The van der Waals surface area contributed by atoms with Crippen LogP contribution in [-0.2, 0) is 37.9 Å². The monoisotopic (exact) mass is 946 g/mol. The average molecular weight is 947 g/mol. The molecular formula is C46H74O20. The molecule has 4 aliphatic heterocycles. The third kappa shape index (κ3) is 8.58. The second-order valence-corrected chi connectivity index (χ2v) is 20.9. The maximum absolute atomic E-state index is 12.3. The zero-order valence-corrected chi connectivity index (χ0v) is 38.2. The summed E-state index contributed by atoms with van der Waals surface area (Å²) in [4.78, 5) is 0. The van der Waals surface area contributed by atoms with Crippen LogP contribution in [-0.4, -0.2) is 211 Å². The third-order valence-corrected chi connectivity index (χ3v) is 17.5. The summed E-state index contributed by atoms with van der Waals surface area (Å²) in [5.74, 6) is -0.597. The Morgan fingerprint density at radius 1 is 0.712 bits per heavy atom. The summed E-state index contributed by atoms with van der Waals surface area (Å²) in [6.07, 6.45) is -16.1. The van der Waals surface area contributed by atoms with Gasteiger partial charge in [0.15, 0.2) is 24.7 Å². The Morgan fingerprint density at radius 3 is 1.94 bits per heavy atom. The van der Waals surface area contributed by atoms with Gasteiger partial charge in [0.2, 0.25) is 0 Å². The second-order valence-electron chi connectivity index (χ2n) is 20.9. The molecule has 7 fully saturated rings. The predicted molar refractivity (Wildman–Crippen MR) is 225 cm³/mol. The van der Waals surface area contributed by atoms with Gasteiger partial charge in [0.05, 0.1) is 44.7 Å². The van der Waals surface area contributed by atoms with Crippen LogP contribution >= 0.6 is 0 Å². The molecule has 8 rings (SSSR count). The predicted octanol–water partition coefficient (Wildman–Crippen LogP) is -2.31. The first-order valence-corrected chi connectivity index (χ1v) is 23.7. The zero-order chi connectivity index (χ0) is 47.8. The van der Waals surface area contributed by atoms with Gasteiger partial charge in [-0.2, -0.15) is 0 Å². The highest BCUT2D eigenvalue weighted by molar-refractivity contribution is 5.27.